The first kappa shape index (κ1) is 11.6. The molecule has 1 aromatic rings. The zero-order valence-electron chi connectivity index (χ0n) is 10.2. The number of nitrogens with one attached hydrogen (secondary N) is 1. The average molecular weight is 222 g/mol. The van der Waals surface area contributed by atoms with E-state index in [4.69, 9.17) is 5.73 Å². The number of rotatable bonds is 3. The number of nitrogens with two attached hydrogens (primary N) is 1. The monoisotopic (exact) mass is 222 g/mol. The van der Waals surface area contributed by atoms with Crippen LogP contribution in [0.25, 0.3) is 0 Å². The summed E-state index contributed by atoms with van der Waals surface area (Å²) in [6.45, 7) is 4.20. The summed E-state index contributed by atoms with van der Waals surface area (Å²) in [6, 6.07) is -0.0736. The van der Waals surface area contributed by atoms with Gasteiger partial charge in [0.25, 0.3) is 0 Å². The van der Waals surface area contributed by atoms with E-state index in [1.165, 1.54) is 32.1 Å². The Kier molecular flexibility index (Phi) is 3.59. The van der Waals surface area contributed by atoms with Gasteiger partial charge in [-0.05, 0) is 25.7 Å². The van der Waals surface area contributed by atoms with Crippen molar-refractivity contribution in [1.29, 1.82) is 0 Å². The van der Waals surface area contributed by atoms with Crippen molar-refractivity contribution in [2.75, 3.05) is 0 Å². The second-order valence-corrected chi connectivity index (χ2v) is 5.01. The van der Waals surface area contributed by atoms with Crippen LogP contribution in [0.15, 0.2) is 0 Å². The summed E-state index contributed by atoms with van der Waals surface area (Å²) < 4.78 is 0. The van der Waals surface area contributed by atoms with E-state index in [1.807, 2.05) is 6.92 Å². The molecule has 1 fully saturated rings. The summed E-state index contributed by atoms with van der Waals surface area (Å²) in [5.41, 5.74) is 5.77. The Labute approximate surface area is 97.0 Å². The third-order valence-corrected chi connectivity index (χ3v) is 3.67. The normalized spacial score (nSPS) is 27.9. The van der Waals surface area contributed by atoms with Crippen LogP contribution in [0, 0.1) is 5.92 Å². The Morgan fingerprint density at radius 2 is 2.31 bits per heavy atom. The van der Waals surface area contributed by atoms with Gasteiger partial charge in [0, 0.05) is 5.92 Å². The number of hydrogen-bond donors (Lipinski definition) is 2. The van der Waals surface area contributed by atoms with E-state index in [-0.39, 0.29) is 6.04 Å². The fourth-order valence-electron chi connectivity index (χ4n) is 2.58. The first-order valence-corrected chi connectivity index (χ1v) is 6.38. The SMILES string of the molecule is CCC1CCCC(c2nc(C(C)N)n[nH]2)C1. The highest BCUT2D eigenvalue weighted by atomic mass is 15.2. The van der Waals surface area contributed by atoms with E-state index in [2.05, 4.69) is 22.1 Å². The molecule has 1 aliphatic rings. The van der Waals surface area contributed by atoms with Crippen molar-refractivity contribution in [2.45, 2.75) is 57.9 Å². The van der Waals surface area contributed by atoms with Crippen LogP contribution in [0.2, 0.25) is 0 Å². The molecule has 16 heavy (non-hydrogen) atoms. The Morgan fingerprint density at radius 1 is 1.50 bits per heavy atom. The van der Waals surface area contributed by atoms with Gasteiger partial charge in [-0.3, -0.25) is 5.10 Å². The van der Waals surface area contributed by atoms with Crippen LogP contribution in [-0.2, 0) is 0 Å². The predicted octanol–water partition coefficient (Wildman–Crippen LogP) is 2.51. The molecular formula is C12H22N4. The van der Waals surface area contributed by atoms with E-state index in [1.54, 1.807) is 0 Å². The minimum atomic E-state index is -0.0736. The molecule has 3 unspecified atom stereocenters. The van der Waals surface area contributed by atoms with E-state index in [0.717, 1.165) is 17.6 Å². The fourth-order valence-corrected chi connectivity index (χ4v) is 2.58. The third-order valence-electron chi connectivity index (χ3n) is 3.67. The van der Waals surface area contributed by atoms with Crippen LogP contribution in [0.1, 0.15) is 69.6 Å². The van der Waals surface area contributed by atoms with Gasteiger partial charge in [-0.25, -0.2) is 4.98 Å². The average Bonchev–Trinajstić information content (AvgIpc) is 2.78. The van der Waals surface area contributed by atoms with Gasteiger partial charge in [-0.1, -0.05) is 26.2 Å². The van der Waals surface area contributed by atoms with Crippen LogP contribution in [-0.4, -0.2) is 15.2 Å². The molecule has 1 aliphatic carbocycles. The van der Waals surface area contributed by atoms with Crippen LogP contribution < -0.4 is 5.73 Å². The zero-order valence-corrected chi connectivity index (χ0v) is 10.2. The van der Waals surface area contributed by atoms with Crippen molar-refractivity contribution in [2.24, 2.45) is 11.7 Å². The molecule has 0 spiro atoms. The van der Waals surface area contributed by atoms with Gasteiger partial charge in [-0.2, -0.15) is 5.10 Å². The Balaban J connectivity index is 2.05. The highest BCUT2D eigenvalue weighted by molar-refractivity contribution is 5.01. The molecular weight excluding hydrogens is 200 g/mol. The summed E-state index contributed by atoms with van der Waals surface area (Å²) >= 11 is 0. The van der Waals surface area contributed by atoms with Crippen molar-refractivity contribution in [3.8, 4) is 0 Å². The molecule has 0 saturated heterocycles. The second-order valence-electron chi connectivity index (χ2n) is 5.01. The van der Waals surface area contributed by atoms with Crippen molar-refractivity contribution >= 4 is 0 Å². The maximum absolute atomic E-state index is 5.77. The molecule has 4 nitrogen and oxygen atoms in total. The number of aromatic nitrogens is 3. The molecule has 3 N–H and O–H groups in total. The van der Waals surface area contributed by atoms with Crippen molar-refractivity contribution in [1.82, 2.24) is 15.2 Å². The molecule has 0 bridgehead atoms. The van der Waals surface area contributed by atoms with Gasteiger partial charge in [0.05, 0.1) is 6.04 Å². The molecule has 0 radical (unpaired) electrons. The smallest absolute Gasteiger partial charge is 0.167 e. The summed E-state index contributed by atoms with van der Waals surface area (Å²) in [6.07, 6.45) is 6.47. The highest BCUT2D eigenvalue weighted by Crippen LogP contribution is 2.36. The van der Waals surface area contributed by atoms with Gasteiger partial charge in [0.2, 0.25) is 0 Å². The van der Waals surface area contributed by atoms with Crippen molar-refractivity contribution in [3.63, 3.8) is 0 Å². The van der Waals surface area contributed by atoms with Crippen molar-refractivity contribution in [3.05, 3.63) is 11.6 Å². The molecule has 2 rings (SSSR count). The van der Waals surface area contributed by atoms with E-state index < -0.39 is 0 Å². The lowest BCUT2D eigenvalue weighted by Gasteiger charge is -2.26. The van der Waals surface area contributed by atoms with Gasteiger partial charge >= 0.3 is 0 Å². The molecule has 0 aromatic carbocycles. The molecule has 3 atom stereocenters. The number of H-pyrrole nitrogens is 1. The van der Waals surface area contributed by atoms with Gasteiger partial charge in [-0.15, -0.1) is 0 Å². The molecule has 1 heterocycles. The Hall–Kier alpha value is -0.900. The first-order chi connectivity index (χ1) is 7.70. The third kappa shape index (κ3) is 2.43. The fraction of sp³-hybridized carbons (Fsp3) is 0.833. The lowest BCUT2D eigenvalue weighted by Crippen LogP contribution is -2.15. The van der Waals surface area contributed by atoms with Gasteiger partial charge < -0.3 is 5.73 Å². The quantitative estimate of drug-likeness (QED) is 0.825. The minimum Gasteiger partial charge on any atom is -0.321 e. The van der Waals surface area contributed by atoms with Crippen molar-refractivity contribution < 1.29 is 0 Å². The number of nitrogens with zero attached hydrogens (tertiary/aromatic N) is 2. The van der Waals surface area contributed by atoms with Crippen LogP contribution in [0.5, 0.6) is 0 Å². The van der Waals surface area contributed by atoms with Crippen LogP contribution in [0.3, 0.4) is 0 Å². The lowest BCUT2D eigenvalue weighted by molar-refractivity contribution is 0.307. The summed E-state index contributed by atoms with van der Waals surface area (Å²) in [5, 5.41) is 7.24. The lowest BCUT2D eigenvalue weighted by atomic mass is 9.80. The van der Waals surface area contributed by atoms with Crippen LogP contribution in [0.4, 0.5) is 0 Å². The summed E-state index contributed by atoms with van der Waals surface area (Å²) in [7, 11) is 0. The second kappa shape index (κ2) is 4.95. The van der Waals surface area contributed by atoms with Crippen LogP contribution >= 0.6 is 0 Å². The Bertz CT molecular complexity index is 332. The van der Waals surface area contributed by atoms with E-state index in [9.17, 15) is 0 Å². The number of hydrogen-bond acceptors (Lipinski definition) is 3. The van der Waals surface area contributed by atoms with Gasteiger partial charge in [0.1, 0.15) is 5.82 Å². The molecule has 0 amide bonds. The molecule has 1 saturated carbocycles. The minimum absolute atomic E-state index is 0.0736. The standard InChI is InChI=1S/C12H22N4/c1-3-9-5-4-6-10(7-9)12-14-11(8(2)13)15-16-12/h8-10H,3-7,13H2,1-2H3,(H,14,15,16). The predicted molar refractivity (Wildman–Crippen MR) is 64.0 cm³/mol. The van der Waals surface area contributed by atoms with E-state index >= 15 is 0 Å². The maximum atomic E-state index is 5.77. The Morgan fingerprint density at radius 3 is 2.94 bits per heavy atom. The van der Waals surface area contributed by atoms with Gasteiger partial charge in [0.15, 0.2) is 5.82 Å². The zero-order chi connectivity index (χ0) is 11.5. The molecule has 4 heteroatoms. The maximum Gasteiger partial charge on any atom is 0.167 e. The summed E-state index contributed by atoms with van der Waals surface area (Å²) in [5.74, 6) is 3.22. The first-order valence-electron chi connectivity index (χ1n) is 6.38. The largest absolute Gasteiger partial charge is 0.321 e. The summed E-state index contributed by atoms with van der Waals surface area (Å²) in [4.78, 5) is 4.51. The molecule has 1 aromatic heterocycles. The molecule has 90 valence electrons. The van der Waals surface area contributed by atoms with E-state index in [0.29, 0.717) is 5.92 Å². The highest BCUT2D eigenvalue weighted by Gasteiger charge is 2.24. The topological polar surface area (TPSA) is 67.6 Å². The number of aromatic amines is 1. The molecule has 0 aliphatic heterocycles.